The second-order valence-electron chi connectivity index (χ2n) is 6.96. The SMILES string of the molecule is COCCOCCOCCOC(=O)C1=C(C)NC(C)=C(C=O)C1c1ccccc1[N+](=O)[O-]. The van der Waals surface area contributed by atoms with Gasteiger partial charge < -0.3 is 24.3 Å². The summed E-state index contributed by atoms with van der Waals surface area (Å²) in [6.07, 6.45) is 0.607. The molecule has 0 amide bonds. The smallest absolute Gasteiger partial charge is 0.336 e. The van der Waals surface area contributed by atoms with E-state index in [1.165, 1.54) is 18.2 Å². The number of allylic oxidation sites excluding steroid dienone is 3. The van der Waals surface area contributed by atoms with E-state index in [1.807, 2.05) is 0 Å². The number of aldehydes is 1. The zero-order chi connectivity index (χ0) is 23.5. The lowest BCUT2D eigenvalue weighted by Crippen LogP contribution is -2.30. The Balaban J connectivity index is 2.11. The molecule has 174 valence electrons. The number of rotatable bonds is 13. The number of carbonyl (C=O) groups is 2. The topological polar surface area (TPSA) is 126 Å². The highest BCUT2D eigenvalue weighted by atomic mass is 16.6. The maximum absolute atomic E-state index is 12.9. The molecule has 1 heterocycles. The van der Waals surface area contributed by atoms with Crippen LogP contribution in [0.4, 0.5) is 5.69 Å². The Morgan fingerprint density at radius 2 is 1.69 bits per heavy atom. The molecule has 0 fully saturated rings. The average Bonchev–Trinajstić information content (AvgIpc) is 2.77. The van der Waals surface area contributed by atoms with Gasteiger partial charge in [0, 0.05) is 35.7 Å². The highest BCUT2D eigenvalue weighted by Crippen LogP contribution is 2.41. The molecule has 1 aromatic carbocycles. The van der Waals surface area contributed by atoms with Gasteiger partial charge in [-0.05, 0) is 13.8 Å². The van der Waals surface area contributed by atoms with E-state index in [-0.39, 0.29) is 35.6 Å². The molecule has 0 spiro atoms. The normalized spacial score (nSPS) is 16.0. The molecule has 1 aliphatic rings. The lowest BCUT2D eigenvalue weighted by molar-refractivity contribution is -0.385. The van der Waals surface area contributed by atoms with Gasteiger partial charge in [0.25, 0.3) is 5.69 Å². The molecule has 0 bridgehead atoms. The Hall–Kier alpha value is -3.08. The molecular weight excluding hydrogens is 420 g/mol. The van der Waals surface area contributed by atoms with E-state index in [0.29, 0.717) is 44.1 Å². The fourth-order valence-electron chi connectivity index (χ4n) is 3.39. The van der Waals surface area contributed by atoms with Crippen molar-refractivity contribution in [2.75, 3.05) is 46.8 Å². The Morgan fingerprint density at radius 3 is 2.31 bits per heavy atom. The van der Waals surface area contributed by atoms with Crippen LogP contribution >= 0.6 is 0 Å². The van der Waals surface area contributed by atoms with E-state index in [4.69, 9.17) is 18.9 Å². The van der Waals surface area contributed by atoms with Gasteiger partial charge in [-0.1, -0.05) is 18.2 Å². The third-order valence-electron chi connectivity index (χ3n) is 4.87. The Morgan fingerprint density at radius 1 is 1.06 bits per heavy atom. The number of methoxy groups -OCH3 is 1. The summed E-state index contributed by atoms with van der Waals surface area (Å²) >= 11 is 0. The number of nitrogens with zero attached hydrogens (tertiary/aromatic N) is 1. The van der Waals surface area contributed by atoms with Gasteiger partial charge in [-0.25, -0.2) is 4.79 Å². The van der Waals surface area contributed by atoms with Gasteiger partial charge in [-0.15, -0.1) is 0 Å². The molecule has 32 heavy (non-hydrogen) atoms. The number of hydrogen-bond donors (Lipinski definition) is 1. The third kappa shape index (κ3) is 6.46. The molecule has 1 unspecified atom stereocenters. The predicted octanol–water partition coefficient (Wildman–Crippen LogP) is 2.25. The van der Waals surface area contributed by atoms with Crippen LogP contribution in [0.25, 0.3) is 0 Å². The molecule has 0 saturated carbocycles. The van der Waals surface area contributed by atoms with Crippen LogP contribution < -0.4 is 5.32 Å². The maximum Gasteiger partial charge on any atom is 0.336 e. The fourth-order valence-corrected chi connectivity index (χ4v) is 3.39. The number of esters is 1. The molecule has 10 heteroatoms. The van der Waals surface area contributed by atoms with Crippen LogP contribution in [0.5, 0.6) is 0 Å². The van der Waals surface area contributed by atoms with Gasteiger partial charge in [0.1, 0.15) is 12.9 Å². The lowest BCUT2D eigenvalue weighted by Gasteiger charge is -2.29. The number of nitro groups is 1. The molecule has 1 atom stereocenters. The number of nitro benzene ring substituents is 1. The molecule has 0 saturated heterocycles. The molecule has 1 aromatic rings. The van der Waals surface area contributed by atoms with E-state index in [9.17, 15) is 19.7 Å². The Bertz CT molecular complexity index is 894. The number of dihydropyridines is 1. The zero-order valence-corrected chi connectivity index (χ0v) is 18.4. The van der Waals surface area contributed by atoms with Gasteiger partial charge in [-0.3, -0.25) is 14.9 Å². The van der Waals surface area contributed by atoms with Crippen LogP contribution in [0.1, 0.15) is 25.3 Å². The first-order chi connectivity index (χ1) is 15.4. The number of carbonyl (C=O) groups excluding carboxylic acids is 2. The van der Waals surface area contributed by atoms with Gasteiger partial charge in [0.15, 0.2) is 0 Å². The van der Waals surface area contributed by atoms with E-state index in [1.54, 1.807) is 27.0 Å². The standard InChI is InChI=1S/C22H28N2O8/c1-15-18(14-25)21(17-6-4-5-7-19(17)24(27)28)20(16(2)23-15)22(26)32-13-12-31-11-10-30-9-8-29-3/h4-7,14,21,23H,8-13H2,1-3H3. The van der Waals surface area contributed by atoms with Gasteiger partial charge in [-0.2, -0.15) is 0 Å². The highest BCUT2D eigenvalue weighted by Gasteiger charge is 2.37. The molecule has 0 radical (unpaired) electrons. The van der Waals surface area contributed by atoms with Gasteiger partial charge in [0.2, 0.25) is 0 Å². The largest absolute Gasteiger partial charge is 0.460 e. The second-order valence-corrected chi connectivity index (χ2v) is 6.96. The summed E-state index contributed by atoms with van der Waals surface area (Å²) in [6.45, 7) is 5.17. The van der Waals surface area contributed by atoms with Crippen molar-refractivity contribution in [3.63, 3.8) is 0 Å². The molecule has 0 aliphatic carbocycles. The van der Waals surface area contributed by atoms with Crippen LogP contribution in [0.2, 0.25) is 0 Å². The quantitative estimate of drug-likeness (QED) is 0.159. The van der Waals surface area contributed by atoms with Crippen molar-refractivity contribution in [1.29, 1.82) is 0 Å². The third-order valence-corrected chi connectivity index (χ3v) is 4.87. The first kappa shape index (κ1) is 25.2. The summed E-state index contributed by atoms with van der Waals surface area (Å²) in [5, 5.41) is 14.6. The first-order valence-electron chi connectivity index (χ1n) is 10.1. The van der Waals surface area contributed by atoms with E-state index < -0.39 is 16.8 Å². The highest BCUT2D eigenvalue weighted by molar-refractivity contribution is 5.96. The van der Waals surface area contributed by atoms with E-state index >= 15 is 0 Å². The van der Waals surface area contributed by atoms with Crippen molar-refractivity contribution in [3.8, 4) is 0 Å². The Kier molecular flexibility index (Phi) is 9.99. The average molecular weight is 448 g/mol. The summed E-state index contributed by atoms with van der Waals surface area (Å²) in [6, 6.07) is 6.04. The molecule has 1 aliphatic heterocycles. The van der Waals surface area contributed by atoms with Gasteiger partial charge >= 0.3 is 5.97 Å². The molecule has 0 aromatic heterocycles. The van der Waals surface area contributed by atoms with E-state index in [0.717, 1.165) is 0 Å². The summed E-state index contributed by atoms with van der Waals surface area (Å²) in [5.74, 6) is -1.59. The van der Waals surface area contributed by atoms with Crippen LogP contribution in [-0.2, 0) is 28.5 Å². The minimum absolute atomic E-state index is 0.0175. The molecule has 10 nitrogen and oxygen atoms in total. The second kappa shape index (κ2) is 12.7. The Labute approximate surface area is 186 Å². The number of hydrogen-bond acceptors (Lipinski definition) is 9. The summed E-state index contributed by atoms with van der Waals surface area (Å²) in [7, 11) is 1.59. The fraction of sp³-hybridized carbons (Fsp3) is 0.455. The summed E-state index contributed by atoms with van der Waals surface area (Å²) in [5.41, 5.74) is 1.44. The van der Waals surface area contributed by atoms with Crippen LogP contribution in [0.15, 0.2) is 46.8 Å². The van der Waals surface area contributed by atoms with Crippen molar-refractivity contribution in [3.05, 3.63) is 62.5 Å². The zero-order valence-electron chi connectivity index (χ0n) is 18.4. The van der Waals surface area contributed by atoms with Crippen molar-refractivity contribution < 1.29 is 33.5 Å². The predicted molar refractivity (Wildman–Crippen MR) is 115 cm³/mol. The molecular formula is C22H28N2O8. The van der Waals surface area contributed by atoms with Crippen molar-refractivity contribution >= 4 is 17.9 Å². The van der Waals surface area contributed by atoms with E-state index in [2.05, 4.69) is 5.32 Å². The van der Waals surface area contributed by atoms with Crippen LogP contribution in [-0.4, -0.2) is 63.9 Å². The van der Waals surface area contributed by atoms with Gasteiger partial charge in [0.05, 0.1) is 49.4 Å². The minimum Gasteiger partial charge on any atom is -0.460 e. The molecule has 2 rings (SSSR count). The minimum atomic E-state index is -0.919. The molecule has 1 N–H and O–H groups in total. The van der Waals surface area contributed by atoms with Crippen molar-refractivity contribution in [1.82, 2.24) is 5.32 Å². The summed E-state index contributed by atoms with van der Waals surface area (Å²) < 4.78 is 20.9. The van der Waals surface area contributed by atoms with Crippen LogP contribution in [0.3, 0.4) is 0 Å². The number of nitrogens with one attached hydrogen (secondary N) is 1. The van der Waals surface area contributed by atoms with Crippen molar-refractivity contribution in [2.24, 2.45) is 0 Å². The van der Waals surface area contributed by atoms with Crippen molar-refractivity contribution in [2.45, 2.75) is 19.8 Å². The maximum atomic E-state index is 12.9. The monoisotopic (exact) mass is 448 g/mol. The van der Waals surface area contributed by atoms with Crippen LogP contribution in [0, 0.1) is 10.1 Å². The number of ether oxygens (including phenoxy) is 4. The lowest BCUT2D eigenvalue weighted by atomic mass is 9.80. The summed E-state index contributed by atoms with van der Waals surface area (Å²) in [4.78, 5) is 35.8. The first-order valence-corrected chi connectivity index (χ1v) is 10.1. The number of benzene rings is 1. The number of para-hydroxylation sites is 1.